The summed E-state index contributed by atoms with van der Waals surface area (Å²) in [4.78, 5) is 11.8. The molecule has 1 amide bonds. The Kier molecular flexibility index (Phi) is 4.57. The van der Waals surface area contributed by atoms with Crippen LogP contribution in [0.2, 0.25) is 0 Å². The molecule has 0 aromatic heterocycles. The number of alkyl halides is 6. The standard InChI is InChI=1S/C18H14F6N2O/c19-17(20,21)12-7-10(3-5-14(12)25)11-4-6-15(13(8-11)18(22,23)24)26-16(27)9-1-2-9/h3-9H,1-2,25H2,(H,26,27). The molecular weight excluding hydrogens is 374 g/mol. The van der Waals surface area contributed by atoms with Crippen molar-refractivity contribution < 1.29 is 31.1 Å². The minimum absolute atomic E-state index is 0.0675. The second-order valence-electron chi connectivity index (χ2n) is 6.32. The summed E-state index contributed by atoms with van der Waals surface area (Å²) in [6.07, 6.45) is -8.28. The Morgan fingerprint density at radius 1 is 0.889 bits per heavy atom. The number of amides is 1. The van der Waals surface area contributed by atoms with Gasteiger partial charge in [0.15, 0.2) is 0 Å². The van der Waals surface area contributed by atoms with Gasteiger partial charge in [-0.1, -0.05) is 12.1 Å². The second-order valence-corrected chi connectivity index (χ2v) is 6.32. The van der Waals surface area contributed by atoms with Gasteiger partial charge in [0, 0.05) is 11.6 Å². The van der Waals surface area contributed by atoms with Crippen LogP contribution in [-0.2, 0) is 17.1 Å². The van der Waals surface area contributed by atoms with Gasteiger partial charge in [-0.15, -0.1) is 0 Å². The maximum Gasteiger partial charge on any atom is 0.418 e. The van der Waals surface area contributed by atoms with Crippen LogP contribution < -0.4 is 11.1 Å². The number of anilines is 2. The molecule has 0 spiro atoms. The SMILES string of the molecule is Nc1ccc(-c2ccc(NC(=O)C3CC3)c(C(F)(F)F)c2)cc1C(F)(F)F. The lowest BCUT2D eigenvalue weighted by atomic mass is 9.98. The van der Waals surface area contributed by atoms with Crippen LogP contribution in [0.15, 0.2) is 36.4 Å². The highest BCUT2D eigenvalue weighted by molar-refractivity contribution is 5.95. The van der Waals surface area contributed by atoms with Gasteiger partial charge in [-0.25, -0.2) is 0 Å². The molecule has 0 bridgehead atoms. The van der Waals surface area contributed by atoms with E-state index >= 15 is 0 Å². The molecule has 0 radical (unpaired) electrons. The van der Waals surface area contributed by atoms with Gasteiger partial charge in [0.1, 0.15) is 0 Å². The highest BCUT2D eigenvalue weighted by Gasteiger charge is 2.37. The van der Waals surface area contributed by atoms with Crippen LogP contribution in [0.3, 0.4) is 0 Å². The number of halogens is 6. The van der Waals surface area contributed by atoms with E-state index in [0.29, 0.717) is 25.0 Å². The molecule has 1 aliphatic rings. The van der Waals surface area contributed by atoms with Crippen molar-refractivity contribution in [3.8, 4) is 11.1 Å². The van der Waals surface area contributed by atoms with Crippen LogP contribution in [0.5, 0.6) is 0 Å². The van der Waals surface area contributed by atoms with Gasteiger partial charge < -0.3 is 11.1 Å². The Morgan fingerprint density at radius 2 is 1.41 bits per heavy atom. The Bertz CT molecular complexity index is 884. The van der Waals surface area contributed by atoms with Crippen LogP contribution in [0, 0.1) is 5.92 Å². The van der Waals surface area contributed by atoms with Crippen LogP contribution >= 0.6 is 0 Å². The van der Waals surface area contributed by atoms with E-state index in [2.05, 4.69) is 5.32 Å². The summed E-state index contributed by atoms with van der Waals surface area (Å²) in [5.41, 5.74) is 1.99. The van der Waals surface area contributed by atoms with Crippen molar-refractivity contribution in [3.05, 3.63) is 47.5 Å². The molecule has 0 atom stereocenters. The first kappa shape index (κ1) is 19.1. The van der Waals surface area contributed by atoms with Gasteiger partial charge in [0.25, 0.3) is 0 Å². The van der Waals surface area contributed by atoms with Crippen molar-refractivity contribution in [2.24, 2.45) is 5.92 Å². The number of benzene rings is 2. The Labute approximate surface area is 150 Å². The maximum atomic E-state index is 13.4. The number of hydrogen-bond donors (Lipinski definition) is 2. The van der Waals surface area contributed by atoms with Crippen molar-refractivity contribution >= 4 is 17.3 Å². The van der Waals surface area contributed by atoms with Gasteiger partial charge in [0.05, 0.1) is 16.8 Å². The molecule has 1 fully saturated rings. The summed E-state index contributed by atoms with van der Waals surface area (Å²) < 4.78 is 79.2. The van der Waals surface area contributed by atoms with Gasteiger partial charge in [-0.2, -0.15) is 26.3 Å². The van der Waals surface area contributed by atoms with Crippen molar-refractivity contribution in [1.82, 2.24) is 0 Å². The highest BCUT2D eigenvalue weighted by Crippen LogP contribution is 2.41. The summed E-state index contributed by atoms with van der Waals surface area (Å²) in [6.45, 7) is 0. The third-order valence-corrected chi connectivity index (χ3v) is 4.22. The summed E-state index contributed by atoms with van der Waals surface area (Å²) in [5, 5.41) is 2.24. The molecule has 2 aromatic rings. The fourth-order valence-corrected chi connectivity index (χ4v) is 2.63. The normalized spacial score (nSPS) is 14.9. The number of nitrogen functional groups attached to an aromatic ring is 1. The van der Waals surface area contributed by atoms with Crippen LogP contribution in [0.25, 0.3) is 11.1 Å². The maximum absolute atomic E-state index is 13.4. The molecule has 1 aliphatic carbocycles. The van der Waals surface area contributed by atoms with E-state index in [1.807, 2.05) is 0 Å². The Balaban J connectivity index is 2.03. The first-order chi connectivity index (χ1) is 12.5. The summed E-state index contributed by atoms with van der Waals surface area (Å²) in [5.74, 6) is -0.794. The molecule has 3 N–H and O–H groups in total. The molecule has 3 nitrogen and oxygen atoms in total. The largest absolute Gasteiger partial charge is 0.418 e. The van der Waals surface area contributed by atoms with Gasteiger partial charge >= 0.3 is 12.4 Å². The number of rotatable bonds is 3. The first-order valence-electron chi connectivity index (χ1n) is 7.96. The summed E-state index contributed by atoms with van der Waals surface area (Å²) >= 11 is 0. The van der Waals surface area contributed by atoms with Crippen LogP contribution in [-0.4, -0.2) is 5.91 Å². The lowest BCUT2D eigenvalue weighted by Crippen LogP contribution is -2.17. The number of nitrogens with one attached hydrogen (secondary N) is 1. The van der Waals surface area contributed by atoms with Crippen LogP contribution in [0.1, 0.15) is 24.0 Å². The van der Waals surface area contributed by atoms with E-state index in [4.69, 9.17) is 5.73 Å². The van der Waals surface area contributed by atoms with Crippen LogP contribution in [0.4, 0.5) is 37.7 Å². The van der Waals surface area contributed by atoms with Crippen molar-refractivity contribution in [3.63, 3.8) is 0 Å². The molecule has 2 aromatic carbocycles. The molecule has 0 unspecified atom stereocenters. The smallest absolute Gasteiger partial charge is 0.398 e. The molecule has 9 heteroatoms. The quantitative estimate of drug-likeness (QED) is 0.552. The van der Waals surface area contributed by atoms with E-state index in [1.54, 1.807) is 0 Å². The second kappa shape index (κ2) is 6.47. The molecule has 144 valence electrons. The topological polar surface area (TPSA) is 55.1 Å². The lowest BCUT2D eigenvalue weighted by molar-refractivity contribution is -0.137. The average Bonchev–Trinajstić information content (AvgIpc) is 3.38. The predicted molar refractivity (Wildman–Crippen MR) is 87.6 cm³/mol. The molecule has 1 saturated carbocycles. The van der Waals surface area contributed by atoms with Crippen molar-refractivity contribution in [1.29, 1.82) is 0 Å². The third-order valence-electron chi connectivity index (χ3n) is 4.22. The average molecular weight is 388 g/mol. The van der Waals surface area contributed by atoms with Crippen molar-refractivity contribution in [2.75, 3.05) is 11.1 Å². The minimum Gasteiger partial charge on any atom is -0.398 e. The molecule has 27 heavy (non-hydrogen) atoms. The Morgan fingerprint density at radius 3 is 1.93 bits per heavy atom. The zero-order chi connectivity index (χ0) is 20.0. The molecule has 0 aliphatic heterocycles. The van der Waals surface area contributed by atoms with E-state index in [1.165, 1.54) is 12.1 Å². The fourth-order valence-electron chi connectivity index (χ4n) is 2.63. The predicted octanol–water partition coefficient (Wildman–Crippen LogP) is 5.32. The van der Waals surface area contributed by atoms with Gasteiger partial charge in [0.2, 0.25) is 5.91 Å². The molecule has 3 rings (SSSR count). The lowest BCUT2D eigenvalue weighted by Gasteiger charge is -2.16. The minimum atomic E-state index is -4.79. The summed E-state index contributed by atoms with van der Waals surface area (Å²) in [7, 11) is 0. The van der Waals surface area contributed by atoms with E-state index in [-0.39, 0.29) is 17.0 Å². The highest BCUT2D eigenvalue weighted by atomic mass is 19.4. The first-order valence-corrected chi connectivity index (χ1v) is 7.96. The zero-order valence-corrected chi connectivity index (χ0v) is 13.7. The number of nitrogens with two attached hydrogens (primary N) is 1. The number of hydrogen-bond acceptors (Lipinski definition) is 2. The Hall–Kier alpha value is -2.71. The fraction of sp³-hybridized carbons (Fsp3) is 0.278. The number of carbonyl (C=O) groups is 1. The van der Waals surface area contributed by atoms with Gasteiger partial charge in [-0.05, 0) is 48.2 Å². The number of carbonyl (C=O) groups excluding carboxylic acids is 1. The summed E-state index contributed by atoms with van der Waals surface area (Å²) in [6, 6.07) is 5.89. The van der Waals surface area contributed by atoms with E-state index in [9.17, 15) is 31.1 Å². The zero-order valence-electron chi connectivity index (χ0n) is 13.7. The van der Waals surface area contributed by atoms with E-state index < -0.39 is 40.8 Å². The van der Waals surface area contributed by atoms with Gasteiger partial charge in [-0.3, -0.25) is 4.79 Å². The molecular formula is C18H14F6N2O. The van der Waals surface area contributed by atoms with Crippen molar-refractivity contribution in [2.45, 2.75) is 25.2 Å². The molecule has 0 saturated heterocycles. The monoisotopic (exact) mass is 388 g/mol. The third kappa shape index (κ3) is 4.17. The molecule has 0 heterocycles. The van der Waals surface area contributed by atoms with E-state index in [0.717, 1.165) is 12.1 Å².